The van der Waals surface area contributed by atoms with Crippen LogP contribution in [0.15, 0.2) is 42.5 Å². The Kier molecular flexibility index (Phi) is 10.0. The minimum absolute atomic E-state index is 0.0754. The topological polar surface area (TPSA) is 119 Å². The number of ether oxygens (including phenoxy) is 4. The summed E-state index contributed by atoms with van der Waals surface area (Å²) in [5, 5.41) is 13.4. The van der Waals surface area contributed by atoms with E-state index in [-0.39, 0.29) is 31.9 Å². The Bertz CT molecular complexity index is 1520. The summed E-state index contributed by atoms with van der Waals surface area (Å²) in [6.45, 7) is 8.42. The molecule has 3 aromatic rings. The normalized spacial score (nSPS) is 18.1. The standard InChI is InChI=1S/C35H45N3O7/c1-6-43-33(40)28-19-27(22-13-14-22)31-26(32(28)44-21-23-10-7-8-12-29(23)42-5)15-16-30(37-31)38-20-24(18-25(38)11-9-17-39)36-34(41)45-35(2,3)4/h7-8,10,12,15-16,19,22,24-25,39H,6,9,11,13-14,17-18,20-21H2,1-5H3,(H,36,41)/t24-,25?/m0/s1. The Morgan fingerprint density at radius 3 is 2.60 bits per heavy atom. The van der Waals surface area contributed by atoms with E-state index >= 15 is 0 Å². The maximum atomic E-state index is 13.2. The van der Waals surface area contributed by atoms with E-state index in [2.05, 4.69) is 10.2 Å². The number of rotatable bonds is 12. The van der Waals surface area contributed by atoms with E-state index in [4.69, 9.17) is 23.9 Å². The minimum Gasteiger partial charge on any atom is -0.496 e. The Hall–Kier alpha value is -4.05. The zero-order valence-electron chi connectivity index (χ0n) is 26.9. The molecule has 2 N–H and O–H groups in total. The number of para-hydroxylation sites is 1. The number of aliphatic hydroxyl groups excluding tert-OH is 1. The molecule has 1 saturated carbocycles. The molecule has 1 aromatic heterocycles. The molecule has 242 valence electrons. The fourth-order valence-electron chi connectivity index (χ4n) is 6.02. The summed E-state index contributed by atoms with van der Waals surface area (Å²) in [6, 6.07) is 13.4. The number of anilines is 1. The molecule has 5 rings (SSSR count). The number of amides is 1. The molecule has 0 spiro atoms. The van der Waals surface area contributed by atoms with Crippen LogP contribution in [-0.4, -0.2) is 66.7 Å². The first-order valence-corrected chi connectivity index (χ1v) is 15.9. The van der Waals surface area contributed by atoms with Crippen molar-refractivity contribution in [1.82, 2.24) is 10.3 Å². The van der Waals surface area contributed by atoms with Crippen molar-refractivity contribution < 1.29 is 33.6 Å². The Morgan fingerprint density at radius 2 is 1.91 bits per heavy atom. The van der Waals surface area contributed by atoms with Crippen LogP contribution in [-0.2, 0) is 16.1 Å². The van der Waals surface area contributed by atoms with Crippen LogP contribution < -0.4 is 19.7 Å². The lowest BCUT2D eigenvalue weighted by Gasteiger charge is -2.26. The smallest absolute Gasteiger partial charge is 0.407 e. The fourth-order valence-corrected chi connectivity index (χ4v) is 6.02. The second-order valence-corrected chi connectivity index (χ2v) is 12.8. The fraction of sp³-hybridized carbons (Fsp3) is 0.514. The summed E-state index contributed by atoms with van der Waals surface area (Å²) in [4.78, 5) is 33.3. The number of benzene rings is 2. The molecule has 1 aliphatic carbocycles. The number of carbonyl (C=O) groups is 2. The lowest BCUT2D eigenvalue weighted by molar-refractivity contribution is 0.0502. The summed E-state index contributed by atoms with van der Waals surface area (Å²) in [7, 11) is 1.62. The molecule has 2 atom stereocenters. The van der Waals surface area contributed by atoms with Crippen LogP contribution in [0.25, 0.3) is 10.9 Å². The molecule has 10 heteroatoms. The molecule has 1 saturated heterocycles. The Morgan fingerprint density at radius 1 is 1.13 bits per heavy atom. The number of nitrogens with one attached hydrogen (secondary N) is 1. The van der Waals surface area contributed by atoms with E-state index in [9.17, 15) is 14.7 Å². The number of methoxy groups -OCH3 is 1. The van der Waals surface area contributed by atoms with Crippen LogP contribution >= 0.6 is 0 Å². The van der Waals surface area contributed by atoms with Gasteiger partial charge in [0, 0.05) is 30.1 Å². The number of aliphatic hydroxyl groups is 1. The lowest BCUT2D eigenvalue weighted by Crippen LogP contribution is -2.40. The number of hydrogen-bond donors (Lipinski definition) is 2. The molecule has 2 fully saturated rings. The second-order valence-electron chi connectivity index (χ2n) is 12.8. The van der Waals surface area contributed by atoms with Crippen LogP contribution in [0.5, 0.6) is 11.5 Å². The van der Waals surface area contributed by atoms with Gasteiger partial charge in [0.2, 0.25) is 0 Å². The van der Waals surface area contributed by atoms with Gasteiger partial charge in [0.1, 0.15) is 35.1 Å². The Labute approximate surface area is 265 Å². The van der Waals surface area contributed by atoms with Gasteiger partial charge < -0.3 is 34.3 Å². The SMILES string of the molecule is CCOC(=O)c1cc(C2CC2)c2nc(N3C[C@@H](NC(=O)OC(C)(C)C)CC3CCCO)ccc2c1OCc1ccccc1OC. The van der Waals surface area contributed by atoms with E-state index in [1.807, 2.05) is 63.2 Å². The summed E-state index contributed by atoms with van der Waals surface area (Å²) in [5.41, 5.74) is 2.45. The van der Waals surface area contributed by atoms with Crippen LogP contribution in [0.3, 0.4) is 0 Å². The van der Waals surface area contributed by atoms with E-state index in [0.29, 0.717) is 42.4 Å². The van der Waals surface area contributed by atoms with Gasteiger partial charge >= 0.3 is 12.1 Å². The number of hydrogen-bond acceptors (Lipinski definition) is 9. The number of esters is 1. The van der Waals surface area contributed by atoms with Crippen LogP contribution in [0.4, 0.5) is 10.6 Å². The largest absolute Gasteiger partial charge is 0.496 e. The van der Waals surface area contributed by atoms with Crippen molar-refractivity contribution in [3.05, 3.63) is 59.2 Å². The van der Waals surface area contributed by atoms with Gasteiger partial charge in [0.05, 0.1) is 25.3 Å². The van der Waals surface area contributed by atoms with Crippen LogP contribution in [0.1, 0.15) is 87.2 Å². The van der Waals surface area contributed by atoms with Crippen molar-refractivity contribution in [3.8, 4) is 11.5 Å². The molecular weight excluding hydrogens is 574 g/mol. The predicted octanol–water partition coefficient (Wildman–Crippen LogP) is 6.12. The molecule has 2 aromatic carbocycles. The number of fused-ring (bicyclic) bond motifs is 1. The quantitative estimate of drug-likeness (QED) is 0.231. The highest BCUT2D eigenvalue weighted by Gasteiger charge is 2.36. The highest BCUT2D eigenvalue weighted by molar-refractivity contribution is 6.02. The molecule has 1 aliphatic heterocycles. The highest BCUT2D eigenvalue weighted by atomic mass is 16.6. The van der Waals surface area contributed by atoms with Gasteiger partial charge in [0.15, 0.2) is 0 Å². The lowest BCUT2D eigenvalue weighted by atomic mass is 9.99. The van der Waals surface area contributed by atoms with Gasteiger partial charge in [-0.1, -0.05) is 18.2 Å². The van der Waals surface area contributed by atoms with Crippen molar-refractivity contribution in [3.63, 3.8) is 0 Å². The summed E-state index contributed by atoms with van der Waals surface area (Å²) < 4.78 is 22.9. The van der Waals surface area contributed by atoms with Crippen molar-refractivity contribution in [2.45, 2.75) is 90.0 Å². The highest BCUT2D eigenvalue weighted by Crippen LogP contribution is 2.46. The van der Waals surface area contributed by atoms with Gasteiger partial charge in [-0.15, -0.1) is 0 Å². The first-order valence-electron chi connectivity index (χ1n) is 15.9. The number of alkyl carbamates (subject to hydrolysis) is 1. The third-order valence-corrected chi connectivity index (χ3v) is 8.15. The molecule has 45 heavy (non-hydrogen) atoms. The maximum Gasteiger partial charge on any atom is 0.407 e. The molecule has 10 nitrogen and oxygen atoms in total. The average molecular weight is 620 g/mol. The summed E-state index contributed by atoms with van der Waals surface area (Å²) in [6.07, 6.45) is 3.72. The Balaban J connectivity index is 1.52. The zero-order chi connectivity index (χ0) is 32.1. The first-order chi connectivity index (χ1) is 21.6. The maximum absolute atomic E-state index is 13.2. The van der Waals surface area contributed by atoms with Crippen LogP contribution in [0, 0.1) is 0 Å². The summed E-state index contributed by atoms with van der Waals surface area (Å²) >= 11 is 0. The van der Waals surface area contributed by atoms with Gasteiger partial charge in [-0.3, -0.25) is 0 Å². The molecule has 0 bridgehead atoms. The predicted molar refractivity (Wildman–Crippen MR) is 172 cm³/mol. The van der Waals surface area contributed by atoms with E-state index in [0.717, 1.165) is 47.1 Å². The molecule has 1 amide bonds. The third-order valence-electron chi connectivity index (χ3n) is 8.15. The zero-order valence-corrected chi connectivity index (χ0v) is 26.9. The van der Waals surface area contributed by atoms with Crippen molar-refractivity contribution >= 4 is 28.8 Å². The van der Waals surface area contributed by atoms with Crippen molar-refractivity contribution in [2.24, 2.45) is 0 Å². The minimum atomic E-state index is -0.592. The van der Waals surface area contributed by atoms with Gasteiger partial charge in [0.25, 0.3) is 0 Å². The van der Waals surface area contributed by atoms with E-state index in [1.165, 1.54) is 0 Å². The molecule has 2 aliphatic rings. The number of aromatic nitrogens is 1. The monoisotopic (exact) mass is 619 g/mol. The second kappa shape index (κ2) is 13.9. The van der Waals surface area contributed by atoms with Crippen molar-refractivity contribution in [1.29, 1.82) is 0 Å². The first kappa shape index (κ1) is 32.3. The number of nitrogens with zero attached hydrogens (tertiary/aromatic N) is 2. The van der Waals surface area contributed by atoms with Gasteiger partial charge in [-0.2, -0.15) is 0 Å². The number of pyridine rings is 1. The number of carbonyl (C=O) groups excluding carboxylic acids is 2. The van der Waals surface area contributed by atoms with Gasteiger partial charge in [-0.25, -0.2) is 14.6 Å². The molecule has 0 radical (unpaired) electrons. The van der Waals surface area contributed by atoms with Gasteiger partial charge in [-0.05, 0) is 95.5 Å². The van der Waals surface area contributed by atoms with Crippen molar-refractivity contribution in [2.75, 3.05) is 31.8 Å². The molecular formula is C35H45N3O7. The van der Waals surface area contributed by atoms with Crippen LogP contribution in [0.2, 0.25) is 0 Å². The molecule has 1 unspecified atom stereocenters. The average Bonchev–Trinajstić information content (AvgIpc) is 3.77. The van der Waals surface area contributed by atoms with E-state index < -0.39 is 17.7 Å². The molecule has 2 heterocycles. The summed E-state index contributed by atoms with van der Waals surface area (Å²) in [5.74, 6) is 1.78. The van der Waals surface area contributed by atoms with E-state index in [1.54, 1.807) is 14.0 Å². The third kappa shape index (κ3) is 7.79.